The summed E-state index contributed by atoms with van der Waals surface area (Å²) in [6, 6.07) is 9.48. The van der Waals surface area contributed by atoms with Crippen LogP contribution in [0.25, 0.3) is 0 Å². The topological polar surface area (TPSA) is 75.9 Å². The van der Waals surface area contributed by atoms with Gasteiger partial charge in [-0.15, -0.1) is 0 Å². The Bertz CT molecular complexity index is 630. The van der Waals surface area contributed by atoms with Gasteiger partial charge in [0.1, 0.15) is 6.61 Å². The molecule has 1 aliphatic carbocycles. The van der Waals surface area contributed by atoms with Crippen molar-refractivity contribution in [2.75, 3.05) is 13.1 Å². The molecule has 1 saturated carbocycles. The quantitative estimate of drug-likeness (QED) is 0.846. The number of nitrogens with zero attached hydrogens (tertiary/aromatic N) is 2. The summed E-state index contributed by atoms with van der Waals surface area (Å²) >= 11 is 0. The van der Waals surface area contributed by atoms with Crippen molar-refractivity contribution in [3.63, 3.8) is 0 Å². The second-order valence-corrected chi connectivity index (χ2v) is 7.68. The molecule has 2 unspecified atom stereocenters. The summed E-state index contributed by atoms with van der Waals surface area (Å²) in [6.07, 6.45) is 2.53. The number of ether oxygens (including phenoxy) is 1. The highest BCUT2D eigenvalue weighted by atomic mass is 16.6. The van der Waals surface area contributed by atoms with Crippen LogP contribution in [-0.2, 0) is 16.1 Å². The lowest BCUT2D eigenvalue weighted by Crippen LogP contribution is -2.48. The number of hydrogen-bond acceptors (Lipinski definition) is 4. The van der Waals surface area contributed by atoms with Crippen LogP contribution in [-0.4, -0.2) is 53.0 Å². The SMILES string of the molecule is CC(C)C(N)C(=O)N1CCC(N(C(=O)OCc2ccccc2)C2CC2)C1. The number of carbonyl (C=O) groups excluding carboxylic acids is 2. The molecule has 6 heteroatoms. The second kappa shape index (κ2) is 8.08. The van der Waals surface area contributed by atoms with E-state index in [1.54, 1.807) is 4.90 Å². The number of benzene rings is 1. The standard InChI is InChI=1S/C20H29N3O3/c1-14(2)18(21)19(24)22-11-10-17(12-22)23(16-8-9-16)20(25)26-13-15-6-4-3-5-7-15/h3-7,14,16-18H,8-13,21H2,1-2H3. The van der Waals surface area contributed by atoms with Crippen LogP contribution in [0.2, 0.25) is 0 Å². The Morgan fingerprint density at radius 1 is 1.19 bits per heavy atom. The van der Waals surface area contributed by atoms with Crippen molar-refractivity contribution in [3.05, 3.63) is 35.9 Å². The number of likely N-dealkylation sites (tertiary alicyclic amines) is 1. The van der Waals surface area contributed by atoms with Crippen LogP contribution in [0.15, 0.2) is 30.3 Å². The van der Waals surface area contributed by atoms with Crippen LogP contribution >= 0.6 is 0 Å². The molecule has 2 fully saturated rings. The van der Waals surface area contributed by atoms with Gasteiger partial charge >= 0.3 is 6.09 Å². The van der Waals surface area contributed by atoms with Crippen molar-refractivity contribution >= 4 is 12.0 Å². The minimum absolute atomic E-state index is 0.0177. The van der Waals surface area contributed by atoms with Crippen molar-refractivity contribution in [2.45, 2.75) is 57.8 Å². The van der Waals surface area contributed by atoms with Crippen LogP contribution < -0.4 is 5.73 Å². The van der Waals surface area contributed by atoms with E-state index in [1.165, 1.54) is 0 Å². The summed E-state index contributed by atoms with van der Waals surface area (Å²) in [7, 11) is 0. The van der Waals surface area contributed by atoms with E-state index in [-0.39, 0.29) is 36.6 Å². The molecule has 0 spiro atoms. The maximum absolute atomic E-state index is 12.7. The number of nitrogens with two attached hydrogens (primary N) is 1. The summed E-state index contributed by atoms with van der Waals surface area (Å²) in [5, 5.41) is 0. The highest BCUT2D eigenvalue weighted by Crippen LogP contribution is 2.32. The van der Waals surface area contributed by atoms with Crippen molar-refractivity contribution in [2.24, 2.45) is 11.7 Å². The molecule has 0 bridgehead atoms. The predicted octanol–water partition coefficient (Wildman–Crippen LogP) is 2.37. The van der Waals surface area contributed by atoms with E-state index in [4.69, 9.17) is 10.5 Å². The van der Waals surface area contributed by atoms with E-state index >= 15 is 0 Å². The van der Waals surface area contributed by atoms with Gasteiger partial charge in [0, 0.05) is 19.1 Å². The first-order valence-electron chi connectivity index (χ1n) is 9.50. The number of rotatable bonds is 6. The Labute approximate surface area is 155 Å². The molecule has 1 heterocycles. The molecule has 2 amide bonds. The van der Waals surface area contributed by atoms with Crippen molar-refractivity contribution < 1.29 is 14.3 Å². The lowest BCUT2D eigenvalue weighted by molar-refractivity contribution is -0.132. The van der Waals surface area contributed by atoms with E-state index in [0.717, 1.165) is 24.8 Å². The number of carbonyl (C=O) groups is 2. The van der Waals surface area contributed by atoms with E-state index < -0.39 is 6.04 Å². The summed E-state index contributed by atoms with van der Waals surface area (Å²) in [5.41, 5.74) is 6.98. The van der Waals surface area contributed by atoms with Gasteiger partial charge in [-0.05, 0) is 30.7 Å². The van der Waals surface area contributed by atoms with Gasteiger partial charge in [-0.25, -0.2) is 4.79 Å². The molecule has 0 radical (unpaired) electrons. The maximum atomic E-state index is 12.7. The largest absolute Gasteiger partial charge is 0.445 e. The van der Waals surface area contributed by atoms with E-state index in [1.807, 2.05) is 49.1 Å². The van der Waals surface area contributed by atoms with Gasteiger partial charge in [0.25, 0.3) is 0 Å². The van der Waals surface area contributed by atoms with Gasteiger partial charge < -0.3 is 20.3 Å². The van der Waals surface area contributed by atoms with E-state index in [9.17, 15) is 9.59 Å². The number of amides is 2. The predicted molar refractivity (Wildman–Crippen MR) is 99.3 cm³/mol. The molecule has 1 aromatic rings. The third kappa shape index (κ3) is 4.36. The Morgan fingerprint density at radius 2 is 1.88 bits per heavy atom. The molecule has 1 aromatic carbocycles. The third-order valence-electron chi connectivity index (χ3n) is 5.23. The van der Waals surface area contributed by atoms with Crippen molar-refractivity contribution in [3.8, 4) is 0 Å². The summed E-state index contributed by atoms with van der Waals surface area (Å²) < 4.78 is 5.54. The van der Waals surface area contributed by atoms with Gasteiger partial charge in [-0.1, -0.05) is 44.2 Å². The van der Waals surface area contributed by atoms with Gasteiger partial charge in [0.2, 0.25) is 5.91 Å². The highest BCUT2D eigenvalue weighted by molar-refractivity contribution is 5.82. The highest BCUT2D eigenvalue weighted by Gasteiger charge is 2.42. The molecule has 6 nitrogen and oxygen atoms in total. The normalized spacial score (nSPS) is 20.9. The Kier molecular flexibility index (Phi) is 5.81. The van der Waals surface area contributed by atoms with Gasteiger partial charge in [0.05, 0.1) is 12.1 Å². The zero-order valence-corrected chi connectivity index (χ0v) is 15.6. The van der Waals surface area contributed by atoms with Crippen LogP contribution in [0.5, 0.6) is 0 Å². The van der Waals surface area contributed by atoms with Crippen LogP contribution in [0.1, 0.15) is 38.7 Å². The summed E-state index contributed by atoms with van der Waals surface area (Å²) in [4.78, 5) is 28.8. The molecule has 1 aliphatic heterocycles. The minimum Gasteiger partial charge on any atom is -0.445 e. The van der Waals surface area contributed by atoms with E-state index in [2.05, 4.69) is 0 Å². The lowest BCUT2D eigenvalue weighted by atomic mass is 10.0. The molecule has 0 aromatic heterocycles. The first kappa shape index (κ1) is 18.7. The van der Waals surface area contributed by atoms with E-state index in [0.29, 0.717) is 13.1 Å². The molecule has 2 aliphatic rings. The molecule has 3 rings (SSSR count). The Balaban J connectivity index is 1.58. The van der Waals surface area contributed by atoms with Crippen LogP contribution in [0, 0.1) is 5.92 Å². The average molecular weight is 359 g/mol. The smallest absolute Gasteiger partial charge is 0.410 e. The van der Waals surface area contributed by atoms with Crippen molar-refractivity contribution in [1.82, 2.24) is 9.80 Å². The Morgan fingerprint density at radius 3 is 2.50 bits per heavy atom. The fourth-order valence-corrected chi connectivity index (χ4v) is 3.41. The summed E-state index contributed by atoms with van der Waals surface area (Å²) in [6.45, 7) is 5.38. The zero-order chi connectivity index (χ0) is 18.7. The maximum Gasteiger partial charge on any atom is 0.410 e. The fraction of sp³-hybridized carbons (Fsp3) is 0.600. The molecular weight excluding hydrogens is 330 g/mol. The zero-order valence-electron chi connectivity index (χ0n) is 15.6. The summed E-state index contributed by atoms with van der Waals surface area (Å²) in [5.74, 6) is 0.0906. The monoisotopic (exact) mass is 359 g/mol. The molecule has 142 valence electrons. The average Bonchev–Trinajstić information content (AvgIpc) is 3.35. The van der Waals surface area contributed by atoms with Gasteiger partial charge in [0.15, 0.2) is 0 Å². The fourth-order valence-electron chi connectivity index (χ4n) is 3.41. The minimum atomic E-state index is -0.479. The number of hydrogen-bond donors (Lipinski definition) is 1. The van der Waals surface area contributed by atoms with Gasteiger partial charge in [-0.3, -0.25) is 4.79 Å². The lowest BCUT2D eigenvalue weighted by Gasteiger charge is -2.29. The molecule has 2 N–H and O–H groups in total. The Hall–Kier alpha value is -2.08. The molecule has 26 heavy (non-hydrogen) atoms. The van der Waals surface area contributed by atoms with Gasteiger partial charge in [-0.2, -0.15) is 0 Å². The third-order valence-corrected chi connectivity index (χ3v) is 5.23. The molecular formula is C20H29N3O3. The van der Waals surface area contributed by atoms with Crippen LogP contribution in [0.3, 0.4) is 0 Å². The molecule has 2 atom stereocenters. The first-order chi connectivity index (χ1) is 12.5. The molecule has 1 saturated heterocycles. The van der Waals surface area contributed by atoms with Crippen LogP contribution in [0.4, 0.5) is 4.79 Å². The second-order valence-electron chi connectivity index (χ2n) is 7.68. The van der Waals surface area contributed by atoms with Crippen molar-refractivity contribution in [1.29, 1.82) is 0 Å². The first-order valence-corrected chi connectivity index (χ1v) is 9.50.